The van der Waals surface area contributed by atoms with E-state index in [1.807, 2.05) is 6.07 Å². The lowest BCUT2D eigenvalue weighted by Crippen LogP contribution is -2.22. The second-order valence-corrected chi connectivity index (χ2v) is 13.6. The number of fused-ring (bicyclic) bond motifs is 1. The molecule has 3 rings (SSSR count). The first-order chi connectivity index (χ1) is 12.8. The van der Waals surface area contributed by atoms with Crippen LogP contribution < -0.4 is 4.74 Å². The molecule has 144 valence electrons. The molecule has 0 saturated heterocycles. The maximum absolute atomic E-state index is 13.6. The van der Waals surface area contributed by atoms with E-state index in [1.165, 1.54) is 19.2 Å². The highest BCUT2D eigenvalue weighted by atomic mass is 35.5. The lowest BCUT2D eigenvalue weighted by Gasteiger charge is -2.15. The summed E-state index contributed by atoms with van der Waals surface area (Å²) in [7, 11) is 0.339. The van der Waals surface area contributed by atoms with Crippen molar-refractivity contribution in [1.82, 2.24) is 14.8 Å². The fourth-order valence-electron chi connectivity index (χ4n) is 2.71. The normalized spacial score (nSPS) is 11.9. The molecule has 2 aromatic heterocycles. The van der Waals surface area contributed by atoms with Gasteiger partial charge >= 0.3 is 0 Å². The van der Waals surface area contributed by atoms with Crippen molar-refractivity contribution in [3.63, 3.8) is 0 Å². The fraction of sp³-hybridized carbons (Fsp3) is 0.368. The first kappa shape index (κ1) is 19.8. The van der Waals surface area contributed by atoms with Crippen LogP contribution in [0.5, 0.6) is 5.75 Å². The van der Waals surface area contributed by atoms with Crippen molar-refractivity contribution in [3.8, 4) is 17.0 Å². The van der Waals surface area contributed by atoms with Crippen molar-refractivity contribution in [2.75, 3.05) is 13.7 Å². The van der Waals surface area contributed by atoms with E-state index in [4.69, 9.17) is 21.1 Å². The first-order valence-electron chi connectivity index (χ1n) is 8.73. The Balaban J connectivity index is 1.98. The van der Waals surface area contributed by atoms with Gasteiger partial charge in [-0.1, -0.05) is 31.2 Å². The second kappa shape index (κ2) is 7.96. The Bertz CT molecular complexity index is 956. The van der Waals surface area contributed by atoms with Gasteiger partial charge in [0, 0.05) is 31.7 Å². The lowest BCUT2D eigenvalue weighted by atomic mass is 10.1. The summed E-state index contributed by atoms with van der Waals surface area (Å²) < 4.78 is 26.4. The zero-order chi connectivity index (χ0) is 19.6. The predicted molar refractivity (Wildman–Crippen MR) is 109 cm³/mol. The maximum atomic E-state index is 13.6. The van der Waals surface area contributed by atoms with Gasteiger partial charge in [-0.3, -0.25) is 0 Å². The minimum atomic E-state index is -1.17. The molecule has 0 N–H and O–H groups in total. The van der Waals surface area contributed by atoms with Crippen LogP contribution in [0.2, 0.25) is 30.8 Å². The molecular weight excluding hydrogens is 385 g/mol. The number of methoxy groups -OCH3 is 1. The number of pyridine rings is 1. The Kier molecular flexibility index (Phi) is 5.83. The highest BCUT2D eigenvalue weighted by Gasteiger charge is 2.18. The average Bonchev–Trinajstić information content (AvgIpc) is 2.95. The van der Waals surface area contributed by atoms with E-state index in [2.05, 4.69) is 29.7 Å². The molecular formula is C19H23ClFN3O2Si. The number of hydrogen-bond acceptors (Lipinski definition) is 4. The van der Waals surface area contributed by atoms with Gasteiger partial charge in [-0.05, 0) is 30.3 Å². The van der Waals surface area contributed by atoms with Crippen molar-refractivity contribution in [3.05, 3.63) is 41.3 Å². The minimum Gasteiger partial charge on any atom is -0.496 e. The van der Waals surface area contributed by atoms with E-state index >= 15 is 0 Å². The Labute approximate surface area is 164 Å². The van der Waals surface area contributed by atoms with E-state index in [9.17, 15) is 4.39 Å². The van der Waals surface area contributed by atoms with Gasteiger partial charge in [0.2, 0.25) is 0 Å². The average molecular weight is 408 g/mol. The molecule has 1 aromatic carbocycles. The first-order valence-corrected chi connectivity index (χ1v) is 12.8. The summed E-state index contributed by atoms with van der Waals surface area (Å²) >= 11 is 6.08. The maximum Gasteiger partial charge on any atom is 0.162 e. The number of hydrogen-bond donors (Lipinski definition) is 0. The standard InChI is InChI=1S/C19H23ClFN3O2Si/c1-25-16-11-13(21)5-6-14(16)18-15-7-8-17(20)22-19(15)24(23-18)12-26-9-10-27(2,3)4/h5-8,11H,9-10,12H2,1-4H3. The topological polar surface area (TPSA) is 49.2 Å². The zero-order valence-corrected chi connectivity index (χ0v) is 17.7. The Morgan fingerprint density at radius 2 is 1.96 bits per heavy atom. The molecule has 0 bridgehead atoms. The number of benzene rings is 1. The summed E-state index contributed by atoms with van der Waals surface area (Å²) in [6, 6.07) is 9.01. The number of aromatic nitrogens is 3. The molecule has 0 aliphatic rings. The van der Waals surface area contributed by atoms with Crippen molar-refractivity contribution in [2.24, 2.45) is 0 Å². The molecule has 0 atom stereocenters. The molecule has 0 fully saturated rings. The van der Waals surface area contributed by atoms with Crippen LogP contribution in [0.15, 0.2) is 30.3 Å². The quantitative estimate of drug-likeness (QED) is 0.306. The lowest BCUT2D eigenvalue weighted by molar-refractivity contribution is 0.0814. The summed E-state index contributed by atoms with van der Waals surface area (Å²) in [5.74, 6) is 0.0475. The Morgan fingerprint density at radius 1 is 1.19 bits per heavy atom. The molecule has 0 unspecified atom stereocenters. The highest BCUT2D eigenvalue weighted by molar-refractivity contribution is 6.76. The van der Waals surface area contributed by atoms with Crippen molar-refractivity contribution in [1.29, 1.82) is 0 Å². The smallest absolute Gasteiger partial charge is 0.162 e. The molecule has 27 heavy (non-hydrogen) atoms. The zero-order valence-electron chi connectivity index (χ0n) is 15.9. The van der Waals surface area contributed by atoms with Crippen LogP contribution in [0.3, 0.4) is 0 Å². The molecule has 0 amide bonds. The predicted octanol–water partition coefficient (Wildman–Crippen LogP) is 5.21. The monoisotopic (exact) mass is 407 g/mol. The second-order valence-electron chi connectivity index (χ2n) is 7.55. The molecule has 0 aliphatic heterocycles. The molecule has 2 heterocycles. The van der Waals surface area contributed by atoms with Gasteiger partial charge in [-0.25, -0.2) is 14.1 Å². The van der Waals surface area contributed by atoms with Crippen LogP contribution in [-0.4, -0.2) is 36.6 Å². The van der Waals surface area contributed by atoms with Gasteiger partial charge < -0.3 is 9.47 Å². The molecule has 0 saturated carbocycles. The minimum absolute atomic E-state index is 0.276. The van der Waals surface area contributed by atoms with Gasteiger partial charge in [0.05, 0.1) is 7.11 Å². The fourth-order valence-corrected chi connectivity index (χ4v) is 3.61. The number of rotatable bonds is 7. The number of halogens is 2. The van der Waals surface area contributed by atoms with E-state index in [0.717, 1.165) is 11.4 Å². The SMILES string of the molecule is COc1cc(F)ccc1-c1nn(COCC[Si](C)(C)C)c2nc(Cl)ccc12. The van der Waals surface area contributed by atoms with Gasteiger partial charge in [0.1, 0.15) is 29.1 Å². The van der Waals surface area contributed by atoms with E-state index < -0.39 is 8.07 Å². The molecule has 3 aromatic rings. The molecule has 0 aliphatic carbocycles. The Hall–Kier alpha value is -1.96. The summed E-state index contributed by atoms with van der Waals surface area (Å²) in [5, 5.41) is 5.83. The molecule has 0 radical (unpaired) electrons. The van der Waals surface area contributed by atoms with Crippen LogP contribution in [0.4, 0.5) is 4.39 Å². The number of ether oxygens (including phenoxy) is 2. The van der Waals surface area contributed by atoms with Gasteiger partial charge in [-0.2, -0.15) is 5.10 Å². The third-order valence-electron chi connectivity index (χ3n) is 4.19. The van der Waals surface area contributed by atoms with Crippen molar-refractivity contribution in [2.45, 2.75) is 32.4 Å². The number of nitrogens with zero attached hydrogens (tertiary/aromatic N) is 3. The summed E-state index contributed by atoms with van der Waals surface area (Å²) in [5.41, 5.74) is 1.96. The molecule has 0 spiro atoms. The van der Waals surface area contributed by atoms with E-state index in [1.54, 1.807) is 16.8 Å². The highest BCUT2D eigenvalue weighted by Crippen LogP contribution is 2.34. The van der Waals surface area contributed by atoms with Crippen molar-refractivity contribution < 1.29 is 13.9 Å². The van der Waals surface area contributed by atoms with Crippen molar-refractivity contribution >= 4 is 30.7 Å². The van der Waals surface area contributed by atoms with Crippen LogP contribution in [0, 0.1) is 5.82 Å². The molecule has 8 heteroatoms. The summed E-state index contributed by atoms with van der Waals surface area (Å²) in [6.07, 6.45) is 0. The van der Waals surface area contributed by atoms with Crippen LogP contribution in [0.1, 0.15) is 0 Å². The van der Waals surface area contributed by atoms with Gasteiger partial charge in [0.25, 0.3) is 0 Å². The van der Waals surface area contributed by atoms with Gasteiger partial charge in [-0.15, -0.1) is 0 Å². The Morgan fingerprint density at radius 3 is 2.67 bits per heavy atom. The summed E-state index contributed by atoms with van der Waals surface area (Å²) in [6.45, 7) is 7.87. The third-order valence-corrected chi connectivity index (χ3v) is 6.10. The van der Waals surface area contributed by atoms with E-state index in [0.29, 0.717) is 34.4 Å². The van der Waals surface area contributed by atoms with Gasteiger partial charge in [0.15, 0.2) is 5.65 Å². The van der Waals surface area contributed by atoms with Crippen LogP contribution in [-0.2, 0) is 11.5 Å². The largest absolute Gasteiger partial charge is 0.496 e. The third kappa shape index (κ3) is 4.66. The molecule has 5 nitrogen and oxygen atoms in total. The van der Waals surface area contributed by atoms with Crippen LogP contribution >= 0.6 is 11.6 Å². The van der Waals surface area contributed by atoms with Crippen LogP contribution in [0.25, 0.3) is 22.3 Å². The summed E-state index contributed by atoms with van der Waals surface area (Å²) in [4.78, 5) is 4.40. The van der Waals surface area contributed by atoms with E-state index in [-0.39, 0.29) is 12.5 Å².